The fourth-order valence-corrected chi connectivity index (χ4v) is 8.12. The number of nitrogens with zero attached hydrogens (tertiary/aromatic N) is 3. The molecule has 50 heavy (non-hydrogen) atoms. The maximum atomic E-state index is 14.5. The molecule has 2 N–H and O–H groups in total. The second kappa shape index (κ2) is 15.9. The number of pyridine rings is 1. The monoisotopic (exact) mass is 697 g/mol. The molecule has 3 fully saturated rings. The summed E-state index contributed by atoms with van der Waals surface area (Å²) in [4.78, 5) is 48.2. The van der Waals surface area contributed by atoms with Gasteiger partial charge in [-0.3, -0.25) is 19.5 Å². The Morgan fingerprint density at radius 2 is 1.76 bits per heavy atom. The Bertz CT molecular complexity index is 1440. The van der Waals surface area contributed by atoms with Gasteiger partial charge in [0, 0.05) is 68.3 Å². The van der Waals surface area contributed by atoms with Gasteiger partial charge < -0.3 is 19.8 Å². The molecule has 0 aromatic carbocycles. The first kappa shape index (κ1) is 38.0. The second-order valence-electron chi connectivity index (χ2n) is 15.2. The Balaban J connectivity index is 1.27. The number of fused-ring (bicyclic) bond motifs is 2. The van der Waals surface area contributed by atoms with Gasteiger partial charge in [0.1, 0.15) is 5.60 Å². The summed E-state index contributed by atoms with van der Waals surface area (Å²) in [6, 6.07) is 5.83. The zero-order valence-corrected chi connectivity index (χ0v) is 29.7. The lowest BCUT2D eigenvalue weighted by molar-refractivity contribution is -0.140. The zero-order valence-electron chi connectivity index (χ0n) is 29.7. The number of amides is 1. The van der Waals surface area contributed by atoms with Gasteiger partial charge in [0.05, 0.1) is 12.0 Å². The third-order valence-corrected chi connectivity index (χ3v) is 11.4. The van der Waals surface area contributed by atoms with Crippen molar-refractivity contribution in [3.63, 3.8) is 0 Å². The molecular formula is C39H53F2N3O6. The summed E-state index contributed by atoms with van der Waals surface area (Å²) in [6.07, 6.45) is 9.93. The molecule has 2 unspecified atom stereocenters. The average Bonchev–Trinajstić information content (AvgIpc) is 3.23. The molecule has 9 nitrogen and oxygen atoms in total. The Morgan fingerprint density at radius 1 is 1.08 bits per heavy atom. The summed E-state index contributed by atoms with van der Waals surface area (Å²) in [6.45, 7) is 8.74. The van der Waals surface area contributed by atoms with Gasteiger partial charge in [-0.1, -0.05) is 49.8 Å². The van der Waals surface area contributed by atoms with Crippen LogP contribution >= 0.6 is 0 Å². The number of hydrogen-bond acceptors (Lipinski definition) is 8. The fourth-order valence-electron chi connectivity index (χ4n) is 8.12. The Labute approximate surface area is 294 Å². The molecule has 8 atom stereocenters. The van der Waals surface area contributed by atoms with Crippen molar-refractivity contribution >= 4 is 17.7 Å². The molecule has 1 saturated carbocycles. The molecule has 0 radical (unpaired) electrons. The summed E-state index contributed by atoms with van der Waals surface area (Å²) >= 11 is 0. The van der Waals surface area contributed by atoms with E-state index in [9.17, 15) is 33.4 Å². The Morgan fingerprint density at radius 3 is 2.40 bits per heavy atom. The number of piperidine rings is 2. The smallest absolute Gasteiger partial charge is 0.410 e. The minimum absolute atomic E-state index is 0.0257. The number of ketones is 2. The first-order chi connectivity index (χ1) is 23.7. The molecule has 2 aliphatic carbocycles. The van der Waals surface area contributed by atoms with Crippen molar-refractivity contribution < 1.29 is 38.1 Å². The standard InChI is InChI=1S/C39H53F2N3O6/c1-25(32-10-5-6-19-42-32)8-7-9-26(2)35-27(3)11-14-34(38(4,49)18-15-31(45)22-33(46)36(35)47)50-37(48)43-20-16-30(17-21-43)44-23-28-12-13-29(24-44)39(28,40)41/h5-11,14,19,25,27-31,34-35,45,49H,12-13,15-18,20-24H2,1-4H3/b8-7+,14-11+,26-9+/t25-,27-,28?,29?,31-,34-,35+,38-/m0/s1. The second-order valence-corrected chi connectivity index (χ2v) is 15.2. The predicted octanol–water partition coefficient (Wildman–Crippen LogP) is 5.88. The number of alkyl halides is 2. The Hall–Kier alpha value is -3.28. The molecule has 274 valence electrons. The lowest BCUT2D eigenvalue weighted by Crippen LogP contribution is -2.55. The summed E-state index contributed by atoms with van der Waals surface area (Å²) in [5.41, 5.74) is -0.0129. The topological polar surface area (TPSA) is 120 Å². The van der Waals surface area contributed by atoms with Crippen molar-refractivity contribution in [3.05, 3.63) is 66.0 Å². The number of carbonyl (C=O) groups excluding carboxylic acids is 3. The number of allylic oxidation sites excluding steroid dienone is 5. The lowest BCUT2D eigenvalue weighted by atomic mass is 9.79. The van der Waals surface area contributed by atoms with Crippen LogP contribution in [0.2, 0.25) is 0 Å². The number of carbonyl (C=O) groups is 3. The summed E-state index contributed by atoms with van der Waals surface area (Å²) in [5, 5.41) is 22.2. The number of likely N-dealkylation sites (tertiary alicyclic amines) is 2. The molecule has 5 rings (SSSR count). The molecule has 1 amide bonds. The van der Waals surface area contributed by atoms with Crippen molar-refractivity contribution in [1.82, 2.24) is 14.8 Å². The first-order valence-corrected chi connectivity index (χ1v) is 18.2. The SMILES string of the molecule is C/C(=C\C=C\[C@H](C)c1ccccn1)[C@H]1C(=O)C(=O)C[C@@H](O)CC[C@](C)(O)[C@@H](OC(=O)N2CCC(N3CC4CCC(C3)C4(F)F)CC2)/C=C/[C@@H]1C. The highest BCUT2D eigenvalue weighted by atomic mass is 19.3. The van der Waals surface area contributed by atoms with Gasteiger partial charge in [-0.15, -0.1) is 0 Å². The summed E-state index contributed by atoms with van der Waals surface area (Å²) < 4.78 is 34.9. The number of hydrogen-bond donors (Lipinski definition) is 2. The van der Waals surface area contributed by atoms with Crippen molar-refractivity contribution in [2.24, 2.45) is 23.7 Å². The van der Waals surface area contributed by atoms with Crippen molar-refractivity contribution in [2.45, 2.75) is 108 Å². The minimum Gasteiger partial charge on any atom is -0.439 e. The fraction of sp³-hybridized carbons (Fsp3) is 0.641. The van der Waals surface area contributed by atoms with Crippen molar-refractivity contribution in [3.8, 4) is 0 Å². The van der Waals surface area contributed by atoms with Crippen LogP contribution in [0, 0.1) is 23.7 Å². The molecule has 2 aliphatic heterocycles. The number of halogens is 2. The van der Waals surface area contributed by atoms with E-state index in [0.717, 1.165) is 5.69 Å². The highest BCUT2D eigenvalue weighted by molar-refractivity contribution is 6.38. The van der Waals surface area contributed by atoms with Crippen LogP contribution in [-0.2, 0) is 14.3 Å². The van der Waals surface area contributed by atoms with Crippen LogP contribution in [0.4, 0.5) is 13.6 Å². The van der Waals surface area contributed by atoms with Crippen LogP contribution in [0.15, 0.2) is 60.3 Å². The van der Waals surface area contributed by atoms with Gasteiger partial charge in [0.15, 0.2) is 6.10 Å². The molecule has 2 saturated heterocycles. The molecule has 1 aromatic heterocycles. The normalized spacial score (nSPS) is 34.6. The van der Waals surface area contributed by atoms with E-state index >= 15 is 0 Å². The predicted molar refractivity (Wildman–Crippen MR) is 185 cm³/mol. The largest absolute Gasteiger partial charge is 0.439 e. The van der Waals surface area contributed by atoms with Crippen LogP contribution in [0.5, 0.6) is 0 Å². The van der Waals surface area contributed by atoms with Gasteiger partial charge in [0.2, 0.25) is 11.6 Å². The van der Waals surface area contributed by atoms with E-state index in [1.54, 1.807) is 43.2 Å². The zero-order chi connectivity index (χ0) is 36.2. The molecular weight excluding hydrogens is 644 g/mol. The van der Waals surface area contributed by atoms with Crippen LogP contribution in [0.3, 0.4) is 0 Å². The van der Waals surface area contributed by atoms with Crippen molar-refractivity contribution in [2.75, 3.05) is 26.2 Å². The summed E-state index contributed by atoms with van der Waals surface area (Å²) in [5.74, 6) is -6.34. The van der Waals surface area contributed by atoms with Gasteiger partial charge in [-0.25, -0.2) is 13.6 Å². The number of Topliss-reactive ketones (excluding diaryl/α,β-unsaturated/α-hetero) is 2. The van der Waals surface area contributed by atoms with Crippen LogP contribution in [-0.4, -0.2) is 98.6 Å². The van der Waals surface area contributed by atoms with Crippen LogP contribution < -0.4 is 0 Å². The molecule has 2 bridgehead atoms. The third-order valence-electron chi connectivity index (χ3n) is 11.4. The minimum atomic E-state index is -2.58. The maximum absolute atomic E-state index is 14.5. The van der Waals surface area contributed by atoms with E-state index in [0.29, 0.717) is 57.4 Å². The number of ether oxygens (including phenoxy) is 1. The van der Waals surface area contributed by atoms with E-state index in [4.69, 9.17) is 4.74 Å². The van der Waals surface area contributed by atoms with E-state index in [2.05, 4.69) is 9.88 Å². The number of aliphatic hydroxyl groups excluding tert-OH is 1. The maximum Gasteiger partial charge on any atom is 0.410 e. The number of aromatic nitrogens is 1. The molecule has 4 aliphatic rings. The van der Waals surface area contributed by atoms with E-state index in [-0.39, 0.29) is 31.2 Å². The number of rotatable bonds is 6. The Kier molecular flexibility index (Phi) is 12.1. The number of aliphatic hydroxyl groups is 2. The van der Waals surface area contributed by atoms with E-state index < -0.39 is 65.1 Å². The molecule has 1 aromatic rings. The van der Waals surface area contributed by atoms with Gasteiger partial charge in [0.25, 0.3) is 5.92 Å². The highest BCUT2D eigenvalue weighted by Crippen LogP contribution is 2.49. The molecule has 3 heterocycles. The average molecular weight is 698 g/mol. The quantitative estimate of drug-likeness (QED) is 0.215. The van der Waals surface area contributed by atoms with Crippen LogP contribution in [0.25, 0.3) is 0 Å². The van der Waals surface area contributed by atoms with Gasteiger partial charge >= 0.3 is 6.09 Å². The third kappa shape index (κ3) is 8.77. The van der Waals surface area contributed by atoms with Crippen molar-refractivity contribution in [1.29, 1.82) is 0 Å². The van der Waals surface area contributed by atoms with E-state index in [1.807, 2.05) is 37.3 Å². The lowest BCUT2D eigenvalue weighted by Gasteiger charge is -2.44. The highest BCUT2D eigenvalue weighted by Gasteiger charge is 2.56. The van der Waals surface area contributed by atoms with E-state index in [1.165, 1.54) is 6.92 Å². The van der Waals surface area contributed by atoms with Crippen LogP contribution in [0.1, 0.15) is 84.3 Å². The molecule has 11 heteroatoms. The molecule has 0 spiro atoms. The summed E-state index contributed by atoms with van der Waals surface area (Å²) in [7, 11) is 0. The van der Waals surface area contributed by atoms with Gasteiger partial charge in [-0.2, -0.15) is 0 Å². The van der Waals surface area contributed by atoms with Gasteiger partial charge in [-0.05, 0) is 76.5 Å². The first-order valence-electron chi connectivity index (χ1n) is 18.2.